The van der Waals surface area contributed by atoms with E-state index in [9.17, 15) is 4.79 Å². The number of nitrogens with two attached hydrogens (primary N) is 1. The van der Waals surface area contributed by atoms with Gasteiger partial charge in [0.15, 0.2) is 0 Å². The number of nitrogen functional groups attached to an aromatic ring is 1. The molecule has 0 unspecified atom stereocenters. The summed E-state index contributed by atoms with van der Waals surface area (Å²) in [4.78, 5) is 12.0. The molecule has 104 valence electrons. The zero-order valence-corrected chi connectivity index (χ0v) is 12.5. The number of methoxy groups -OCH3 is 1. The lowest BCUT2D eigenvalue weighted by Gasteiger charge is -2.09. The Bertz CT molecular complexity index is 628. The topological polar surface area (TPSA) is 61.5 Å². The Balaban J connectivity index is 2.07. The molecule has 0 aromatic heterocycles. The van der Waals surface area contributed by atoms with Crippen molar-refractivity contribution in [1.82, 2.24) is 0 Å². The van der Waals surface area contributed by atoms with Gasteiger partial charge in [0.05, 0.1) is 18.4 Å². The van der Waals surface area contributed by atoms with Crippen LogP contribution >= 0.6 is 15.9 Å². The van der Waals surface area contributed by atoms with E-state index in [0.717, 1.165) is 10.0 Å². The molecule has 0 radical (unpaired) electrons. The molecule has 2 aromatic carbocycles. The normalized spacial score (nSPS) is 10.1. The van der Waals surface area contributed by atoms with Gasteiger partial charge in [-0.3, -0.25) is 0 Å². The summed E-state index contributed by atoms with van der Waals surface area (Å²) in [5.41, 5.74) is 7.49. The van der Waals surface area contributed by atoms with E-state index in [1.807, 2.05) is 24.3 Å². The molecule has 0 heterocycles. The maximum atomic E-state index is 12.0. The van der Waals surface area contributed by atoms with Crippen molar-refractivity contribution in [2.24, 2.45) is 0 Å². The largest absolute Gasteiger partial charge is 0.495 e. The van der Waals surface area contributed by atoms with E-state index in [-0.39, 0.29) is 6.61 Å². The van der Waals surface area contributed by atoms with Crippen molar-refractivity contribution in [3.63, 3.8) is 0 Å². The summed E-state index contributed by atoms with van der Waals surface area (Å²) in [6, 6.07) is 12.4. The van der Waals surface area contributed by atoms with E-state index in [2.05, 4.69) is 15.9 Å². The summed E-state index contributed by atoms with van der Waals surface area (Å²) in [5, 5.41) is 0. The third-order valence-corrected chi connectivity index (χ3v) is 3.56. The summed E-state index contributed by atoms with van der Waals surface area (Å²) in [7, 11) is 1.50. The highest BCUT2D eigenvalue weighted by Gasteiger charge is 2.11. The predicted molar refractivity (Wildman–Crippen MR) is 80.7 cm³/mol. The Labute approximate surface area is 125 Å². The van der Waals surface area contributed by atoms with Crippen molar-refractivity contribution in [3.05, 3.63) is 58.1 Å². The van der Waals surface area contributed by atoms with Gasteiger partial charge in [-0.05, 0) is 24.3 Å². The first-order chi connectivity index (χ1) is 9.61. The summed E-state index contributed by atoms with van der Waals surface area (Å²) in [6.45, 7) is 0.201. The maximum Gasteiger partial charge on any atom is 0.338 e. The van der Waals surface area contributed by atoms with Crippen molar-refractivity contribution in [1.29, 1.82) is 0 Å². The van der Waals surface area contributed by atoms with Crippen molar-refractivity contribution < 1.29 is 14.3 Å². The molecule has 0 amide bonds. The van der Waals surface area contributed by atoms with Gasteiger partial charge >= 0.3 is 5.97 Å². The van der Waals surface area contributed by atoms with E-state index in [4.69, 9.17) is 15.2 Å². The van der Waals surface area contributed by atoms with Crippen molar-refractivity contribution >= 4 is 27.6 Å². The molecule has 0 atom stereocenters. The minimum absolute atomic E-state index is 0.201. The van der Waals surface area contributed by atoms with Crippen LogP contribution in [0.25, 0.3) is 0 Å². The monoisotopic (exact) mass is 335 g/mol. The van der Waals surface area contributed by atoms with Gasteiger partial charge in [-0.1, -0.05) is 34.1 Å². The third kappa shape index (κ3) is 3.30. The van der Waals surface area contributed by atoms with Crippen LogP contribution in [0.4, 0.5) is 5.69 Å². The number of carbonyl (C=O) groups is 1. The average Bonchev–Trinajstić information content (AvgIpc) is 2.46. The van der Waals surface area contributed by atoms with Crippen LogP contribution in [-0.2, 0) is 11.3 Å². The smallest absolute Gasteiger partial charge is 0.338 e. The zero-order chi connectivity index (χ0) is 14.5. The molecule has 2 N–H and O–H groups in total. The van der Waals surface area contributed by atoms with Crippen LogP contribution in [0.1, 0.15) is 15.9 Å². The number of halogens is 1. The number of rotatable bonds is 4. The fourth-order valence-electron chi connectivity index (χ4n) is 1.68. The average molecular weight is 336 g/mol. The number of benzene rings is 2. The number of carbonyl (C=O) groups excluding carboxylic acids is 1. The number of anilines is 1. The Hall–Kier alpha value is -2.01. The molecule has 0 bridgehead atoms. The number of hydrogen-bond donors (Lipinski definition) is 1. The minimum atomic E-state index is -0.418. The van der Waals surface area contributed by atoms with Crippen LogP contribution in [0.2, 0.25) is 0 Å². The molecular weight excluding hydrogens is 322 g/mol. The highest BCUT2D eigenvalue weighted by atomic mass is 79.9. The van der Waals surface area contributed by atoms with Crippen LogP contribution in [0.15, 0.2) is 46.9 Å². The molecule has 5 heteroatoms. The Kier molecular flexibility index (Phi) is 4.63. The molecule has 0 aliphatic carbocycles. The Morgan fingerprint density at radius 3 is 2.70 bits per heavy atom. The lowest BCUT2D eigenvalue weighted by Crippen LogP contribution is -2.06. The second-order valence-electron chi connectivity index (χ2n) is 4.12. The lowest BCUT2D eigenvalue weighted by atomic mass is 10.2. The van der Waals surface area contributed by atoms with Crippen molar-refractivity contribution in [2.75, 3.05) is 12.8 Å². The Morgan fingerprint density at radius 2 is 2.00 bits per heavy atom. The summed E-state index contributed by atoms with van der Waals surface area (Å²) in [6.07, 6.45) is 0. The molecule has 0 spiro atoms. The molecule has 0 saturated heterocycles. The van der Waals surface area contributed by atoms with Crippen LogP contribution < -0.4 is 10.5 Å². The van der Waals surface area contributed by atoms with Gasteiger partial charge in [-0.2, -0.15) is 0 Å². The quantitative estimate of drug-likeness (QED) is 0.687. The Morgan fingerprint density at radius 1 is 1.25 bits per heavy atom. The first kappa shape index (κ1) is 14.4. The van der Waals surface area contributed by atoms with Crippen LogP contribution in [0.3, 0.4) is 0 Å². The standard InChI is InChI=1S/C15H14BrNO3/c1-19-14-8-10(6-7-13(14)17)15(18)20-9-11-4-2-3-5-12(11)16/h2-8H,9,17H2,1H3. The van der Waals surface area contributed by atoms with E-state index in [0.29, 0.717) is 17.0 Å². The molecular formula is C15H14BrNO3. The number of ether oxygens (including phenoxy) is 2. The summed E-state index contributed by atoms with van der Waals surface area (Å²) < 4.78 is 11.3. The van der Waals surface area contributed by atoms with Gasteiger partial charge in [0, 0.05) is 10.0 Å². The molecule has 2 rings (SSSR count). The fraction of sp³-hybridized carbons (Fsp3) is 0.133. The molecule has 0 aliphatic heterocycles. The number of esters is 1. The van der Waals surface area contributed by atoms with E-state index >= 15 is 0 Å². The maximum absolute atomic E-state index is 12.0. The van der Waals surface area contributed by atoms with Crippen molar-refractivity contribution in [2.45, 2.75) is 6.61 Å². The first-order valence-electron chi connectivity index (χ1n) is 5.96. The molecule has 2 aromatic rings. The van der Waals surface area contributed by atoms with E-state index in [1.54, 1.807) is 18.2 Å². The van der Waals surface area contributed by atoms with E-state index in [1.165, 1.54) is 7.11 Å². The van der Waals surface area contributed by atoms with Crippen LogP contribution in [-0.4, -0.2) is 13.1 Å². The summed E-state index contributed by atoms with van der Waals surface area (Å²) in [5.74, 6) is 0.0411. The second-order valence-corrected chi connectivity index (χ2v) is 4.98. The van der Waals surface area contributed by atoms with Gasteiger partial charge in [0.25, 0.3) is 0 Å². The van der Waals surface area contributed by atoms with Gasteiger partial charge in [0.2, 0.25) is 0 Å². The fourth-order valence-corrected chi connectivity index (χ4v) is 2.08. The molecule has 0 fully saturated rings. The predicted octanol–water partition coefficient (Wildman–Crippen LogP) is 3.40. The van der Waals surface area contributed by atoms with Gasteiger partial charge in [-0.15, -0.1) is 0 Å². The first-order valence-corrected chi connectivity index (χ1v) is 6.75. The zero-order valence-electron chi connectivity index (χ0n) is 10.9. The van der Waals surface area contributed by atoms with Gasteiger partial charge in [0.1, 0.15) is 12.4 Å². The lowest BCUT2D eigenvalue weighted by molar-refractivity contribution is 0.0471. The SMILES string of the molecule is COc1cc(C(=O)OCc2ccccc2Br)ccc1N. The highest BCUT2D eigenvalue weighted by molar-refractivity contribution is 9.10. The van der Waals surface area contributed by atoms with Gasteiger partial charge < -0.3 is 15.2 Å². The molecule has 20 heavy (non-hydrogen) atoms. The van der Waals surface area contributed by atoms with Crippen molar-refractivity contribution in [3.8, 4) is 5.75 Å². The van der Waals surface area contributed by atoms with Gasteiger partial charge in [-0.25, -0.2) is 4.79 Å². The van der Waals surface area contributed by atoms with Crippen LogP contribution in [0, 0.1) is 0 Å². The third-order valence-electron chi connectivity index (χ3n) is 2.79. The molecule has 0 saturated carbocycles. The highest BCUT2D eigenvalue weighted by Crippen LogP contribution is 2.23. The minimum Gasteiger partial charge on any atom is -0.495 e. The second kappa shape index (κ2) is 6.43. The summed E-state index contributed by atoms with van der Waals surface area (Å²) >= 11 is 3.41. The number of hydrogen-bond acceptors (Lipinski definition) is 4. The van der Waals surface area contributed by atoms with Crippen LogP contribution in [0.5, 0.6) is 5.75 Å². The molecule has 4 nitrogen and oxygen atoms in total. The van der Waals surface area contributed by atoms with E-state index < -0.39 is 5.97 Å². The molecule has 0 aliphatic rings.